The first-order valence-corrected chi connectivity index (χ1v) is 10.9. The van der Waals surface area contributed by atoms with Crippen molar-refractivity contribution in [2.75, 3.05) is 13.1 Å². The lowest BCUT2D eigenvalue weighted by Crippen LogP contribution is -2.53. The number of hydrogen-bond donors (Lipinski definition) is 1. The minimum absolute atomic E-state index is 0.0949. The Balaban J connectivity index is 1.65. The third-order valence-corrected chi connectivity index (χ3v) is 6.12. The molecule has 2 heterocycles. The van der Waals surface area contributed by atoms with E-state index in [-0.39, 0.29) is 29.9 Å². The standard InChI is InChI=1S/C23H16ClF6N3O4/c1-11-4-12(2-3-16(11)20(36)33-9-18(34)31-19(35)10-33)17-8-21(37-32-17,23(28,29)30)13-5-14(22(25,26)27)7-15(24)6-13/h2-7H,8-10H2,1H3,(H,31,34,35). The molecule has 1 unspecified atom stereocenters. The zero-order valence-electron chi connectivity index (χ0n) is 18.8. The Morgan fingerprint density at radius 1 is 1.05 bits per heavy atom. The number of hydrogen-bond acceptors (Lipinski definition) is 5. The number of aryl methyl sites for hydroxylation is 1. The highest BCUT2D eigenvalue weighted by atomic mass is 35.5. The van der Waals surface area contributed by atoms with E-state index >= 15 is 0 Å². The van der Waals surface area contributed by atoms with Gasteiger partial charge in [-0.15, -0.1) is 0 Å². The van der Waals surface area contributed by atoms with Crippen molar-refractivity contribution < 1.29 is 45.6 Å². The second-order valence-electron chi connectivity index (χ2n) is 8.52. The summed E-state index contributed by atoms with van der Waals surface area (Å²) in [4.78, 5) is 41.8. The number of halogens is 7. The van der Waals surface area contributed by atoms with Crippen LogP contribution < -0.4 is 5.32 Å². The largest absolute Gasteiger partial charge is 0.435 e. The van der Waals surface area contributed by atoms with Crippen molar-refractivity contribution >= 4 is 35.0 Å². The van der Waals surface area contributed by atoms with E-state index in [4.69, 9.17) is 16.4 Å². The molecule has 0 aromatic heterocycles. The normalized spacial score (nSPS) is 20.4. The molecule has 4 rings (SSSR count). The molecule has 0 spiro atoms. The molecule has 0 bridgehead atoms. The van der Waals surface area contributed by atoms with Crippen LogP contribution in [0.2, 0.25) is 5.02 Å². The summed E-state index contributed by atoms with van der Waals surface area (Å²) in [6.45, 7) is 0.794. The van der Waals surface area contributed by atoms with Crippen molar-refractivity contribution in [3.05, 3.63) is 69.2 Å². The number of benzene rings is 2. The van der Waals surface area contributed by atoms with E-state index in [1.165, 1.54) is 25.1 Å². The maximum absolute atomic E-state index is 14.2. The van der Waals surface area contributed by atoms with Crippen molar-refractivity contribution in [1.82, 2.24) is 10.2 Å². The smallest absolute Gasteiger partial charge is 0.374 e. The summed E-state index contributed by atoms with van der Waals surface area (Å²) >= 11 is 5.71. The van der Waals surface area contributed by atoms with Crippen LogP contribution in [0.3, 0.4) is 0 Å². The number of carbonyl (C=O) groups is 3. The number of amides is 3. The van der Waals surface area contributed by atoms with Crippen molar-refractivity contribution in [1.29, 1.82) is 0 Å². The van der Waals surface area contributed by atoms with E-state index in [9.17, 15) is 40.7 Å². The number of alkyl halides is 6. The molecule has 2 aliphatic heterocycles. The first-order valence-electron chi connectivity index (χ1n) is 10.5. The molecule has 196 valence electrons. The lowest BCUT2D eigenvalue weighted by molar-refractivity contribution is -0.276. The average Bonchev–Trinajstić information content (AvgIpc) is 3.24. The lowest BCUT2D eigenvalue weighted by Gasteiger charge is -2.30. The molecule has 2 aromatic rings. The zero-order valence-corrected chi connectivity index (χ0v) is 19.5. The Kier molecular flexibility index (Phi) is 6.47. The van der Waals surface area contributed by atoms with Gasteiger partial charge >= 0.3 is 12.4 Å². The Labute approximate surface area is 210 Å². The van der Waals surface area contributed by atoms with Crippen LogP contribution in [0, 0.1) is 6.92 Å². The summed E-state index contributed by atoms with van der Waals surface area (Å²) < 4.78 is 82.4. The number of rotatable bonds is 3. The number of oxime groups is 1. The van der Waals surface area contributed by atoms with Crippen LogP contribution in [0.5, 0.6) is 0 Å². The van der Waals surface area contributed by atoms with Crippen LogP contribution in [0.15, 0.2) is 41.6 Å². The second-order valence-corrected chi connectivity index (χ2v) is 8.96. The molecular weight excluding hydrogens is 532 g/mol. The molecule has 2 aromatic carbocycles. The third-order valence-electron chi connectivity index (χ3n) is 5.90. The van der Waals surface area contributed by atoms with Gasteiger partial charge in [-0.05, 0) is 48.4 Å². The Morgan fingerprint density at radius 3 is 2.27 bits per heavy atom. The monoisotopic (exact) mass is 547 g/mol. The molecule has 3 amide bonds. The summed E-state index contributed by atoms with van der Waals surface area (Å²) in [5.74, 6) is -1.95. The van der Waals surface area contributed by atoms with Crippen molar-refractivity contribution in [3.63, 3.8) is 0 Å². The summed E-state index contributed by atoms with van der Waals surface area (Å²) in [6, 6.07) is 5.51. The molecule has 0 saturated carbocycles. The van der Waals surface area contributed by atoms with Crippen LogP contribution in [-0.2, 0) is 26.2 Å². The maximum Gasteiger partial charge on any atom is 0.435 e. The molecule has 1 atom stereocenters. The number of nitrogens with one attached hydrogen (secondary N) is 1. The van der Waals surface area contributed by atoms with Gasteiger partial charge in [-0.2, -0.15) is 26.3 Å². The number of carbonyl (C=O) groups excluding carboxylic acids is 3. The number of nitrogens with zero attached hydrogens (tertiary/aromatic N) is 2. The average molecular weight is 548 g/mol. The van der Waals surface area contributed by atoms with Gasteiger partial charge in [0.2, 0.25) is 11.8 Å². The zero-order chi connectivity index (χ0) is 27.3. The molecule has 7 nitrogen and oxygen atoms in total. The Morgan fingerprint density at radius 2 is 1.70 bits per heavy atom. The Bertz CT molecular complexity index is 1320. The van der Waals surface area contributed by atoms with E-state index in [1.807, 2.05) is 0 Å². The summed E-state index contributed by atoms with van der Waals surface area (Å²) in [7, 11) is 0. The first-order chi connectivity index (χ1) is 17.1. The fourth-order valence-corrected chi connectivity index (χ4v) is 4.31. The highest BCUT2D eigenvalue weighted by Gasteiger charge is 2.62. The van der Waals surface area contributed by atoms with Crippen LogP contribution in [0.25, 0.3) is 0 Å². The molecule has 0 aliphatic carbocycles. The fourth-order valence-electron chi connectivity index (χ4n) is 4.08. The number of imide groups is 1. The van der Waals surface area contributed by atoms with Crippen molar-refractivity contribution in [3.8, 4) is 0 Å². The molecule has 1 fully saturated rings. The highest BCUT2D eigenvalue weighted by molar-refractivity contribution is 6.30. The van der Waals surface area contributed by atoms with E-state index < -0.39 is 58.2 Å². The molecular formula is C23H16ClF6N3O4. The van der Waals surface area contributed by atoms with E-state index in [1.54, 1.807) is 0 Å². The second kappa shape index (κ2) is 9.05. The quantitative estimate of drug-likeness (QED) is 0.457. The molecule has 37 heavy (non-hydrogen) atoms. The van der Waals surface area contributed by atoms with Gasteiger partial charge in [0.05, 0.1) is 11.3 Å². The van der Waals surface area contributed by atoms with Gasteiger partial charge in [0.1, 0.15) is 13.1 Å². The number of piperazine rings is 1. The third kappa shape index (κ3) is 4.99. The van der Waals surface area contributed by atoms with Crippen molar-refractivity contribution in [2.45, 2.75) is 31.3 Å². The van der Waals surface area contributed by atoms with E-state index in [0.29, 0.717) is 17.7 Å². The highest BCUT2D eigenvalue weighted by Crippen LogP contribution is 2.50. The molecule has 1 N–H and O–H groups in total. The first kappa shape index (κ1) is 26.5. The summed E-state index contributed by atoms with van der Waals surface area (Å²) in [6.07, 6.45) is -11.1. The SMILES string of the molecule is Cc1cc(C2=NOC(c3cc(Cl)cc(C(F)(F)F)c3)(C(F)(F)F)C2)ccc1C(=O)N1CC(=O)NC(=O)C1. The molecule has 14 heteroatoms. The van der Waals surface area contributed by atoms with Gasteiger partial charge in [-0.1, -0.05) is 22.8 Å². The predicted molar refractivity (Wildman–Crippen MR) is 117 cm³/mol. The maximum atomic E-state index is 14.2. The molecule has 1 saturated heterocycles. The van der Waals surface area contributed by atoms with Crippen LogP contribution in [0.4, 0.5) is 26.3 Å². The molecule has 0 radical (unpaired) electrons. The molecule has 2 aliphatic rings. The van der Waals surface area contributed by atoms with Gasteiger partial charge in [0.25, 0.3) is 11.5 Å². The van der Waals surface area contributed by atoms with Crippen LogP contribution in [-0.4, -0.2) is 47.6 Å². The van der Waals surface area contributed by atoms with Gasteiger partial charge < -0.3 is 9.74 Å². The van der Waals surface area contributed by atoms with E-state index in [2.05, 4.69) is 10.5 Å². The summed E-state index contributed by atoms with van der Waals surface area (Å²) in [5, 5.41) is 5.03. The van der Waals surface area contributed by atoms with Crippen molar-refractivity contribution in [2.24, 2.45) is 5.16 Å². The topological polar surface area (TPSA) is 88.1 Å². The van der Waals surface area contributed by atoms with Crippen LogP contribution >= 0.6 is 11.6 Å². The van der Waals surface area contributed by atoms with Gasteiger partial charge in [0, 0.05) is 22.6 Å². The van der Waals surface area contributed by atoms with E-state index in [0.717, 1.165) is 11.0 Å². The predicted octanol–water partition coefficient (Wildman–Crippen LogP) is 4.35. The van der Waals surface area contributed by atoms with Gasteiger partial charge in [-0.3, -0.25) is 19.7 Å². The fraction of sp³-hybridized carbons (Fsp3) is 0.304. The lowest BCUT2D eigenvalue weighted by atomic mass is 9.85. The van der Waals surface area contributed by atoms with Gasteiger partial charge in [0.15, 0.2) is 0 Å². The minimum Gasteiger partial charge on any atom is -0.374 e. The van der Waals surface area contributed by atoms with Crippen LogP contribution in [0.1, 0.15) is 39.0 Å². The van der Waals surface area contributed by atoms with Gasteiger partial charge in [-0.25, -0.2) is 0 Å². The Hall–Kier alpha value is -3.61. The summed E-state index contributed by atoms with van der Waals surface area (Å²) in [5.41, 5.74) is -5.16. The minimum atomic E-state index is -5.17.